The van der Waals surface area contributed by atoms with Crippen molar-refractivity contribution in [1.82, 2.24) is 5.32 Å². The molecule has 1 fully saturated rings. The third kappa shape index (κ3) is 4.74. The van der Waals surface area contributed by atoms with E-state index in [4.69, 9.17) is 11.6 Å². The van der Waals surface area contributed by atoms with Gasteiger partial charge in [0.1, 0.15) is 0 Å². The minimum Gasteiger partial charge on any atom is -0.359 e. The third-order valence-electron chi connectivity index (χ3n) is 4.81. The third-order valence-corrected chi connectivity index (χ3v) is 5.13. The van der Waals surface area contributed by atoms with Crippen molar-refractivity contribution in [3.63, 3.8) is 0 Å². The number of amides is 1. The standard InChI is InChI=1S/C20H24ClN3O/c1-16-6-2-3-7-17(16)14-22-20(25)15-23-10-12-24(13-11-23)19-9-5-4-8-18(19)21/h2-9H,10-15H2,1H3,(H,22,25)/p+1. The largest absolute Gasteiger partial charge is 0.359 e. The number of nitrogens with zero attached hydrogens (tertiary/aromatic N) is 1. The zero-order chi connectivity index (χ0) is 17.6. The van der Waals surface area contributed by atoms with Gasteiger partial charge in [0.25, 0.3) is 5.91 Å². The number of nitrogens with one attached hydrogen (secondary N) is 2. The Morgan fingerprint density at radius 1 is 1.12 bits per heavy atom. The Hall–Kier alpha value is -2.04. The molecule has 1 aliphatic heterocycles. The van der Waals surface area contributed by atoms with E-state index < -0.39 is 0 Å². The summed E-state index contributed by atoms with van der Waals surface area (Å²) in [4.78, 5) is 15.9. The Labute approximate surface area is 154 Å². The van der Waals surface area contributed by atoms with Crippen molar-refractivity contribution >= 4 is 23.2 Å². The number of piperazine rings is 1. The fourth-order valence-electron chi connectivity index (χ4n) is 3.24. The van der Waals surface area contributed by atoms with Crippen molar-refractivity contribution in [3.05, 3.63) is 64.7 Å². The lowest BCUT2D eigenvalue weighted by molar-refractivity contribution is -0.892. The van der Waals surface area contributed by atoms with Crippen LogP contribution in [0.4, 0.5) is 5.69 Å². The fraction of sp³-hybridized carbons (Fsp3) is 0.350. The van der Waals surface area contributed by atoms with E-state index in [9.17, 15) is 4.79 Å². The maximum absolute atomic E-state index is 12.2. The van der Waals surface area contributed by atoms with Crippen molar-refractivity contribution in [1.29, 1.82) is 0 Å². The molecule has 0 saturated carbocycles. The van der Waals surface area contributed by atoms with Gasteiger partial charge in [0.05, 0.1) is 36.9 Å². The summed E-state index contributed by atoms with van der Waals surface area (Å²) < 4.78 is 0. The Morgan fingerprint density at radius 3 is 2.52 bits per heavy atom. The van der Waals surface area contributed by atoms with E-state index in [1.54, 1.807) is 0 Å². The Balaban J connectivity index is 1.45. The predicted molar refractivity (Wildman–Crippen MR) is 102 cm³/mol. The smallest absolute Gasteiger partial charge is 0.275 e. The second-order valence-electron chi connectivity index (χ2n) is 6.57. The monoisotopic (exact) mass is 358 g/mol. The lowest BCUT2D eigenvalue weighted by atomic mass is 10.1. The number of anilines is 1. The van der Waals surface area contributed by atoms with Crippen molar-refractivity contribution in [3.8, 4) is 0 Å². The lowest BCUT2D eigenvalue weighted by Crippen LogP contribution is -3.15. The summed E-state index contributed by atoms with van der Waals surface area (Å²) in [6.45, 7) is 6.94. The quantitative estimate of drug-likeness (QED) is 0.853. The number of aryl methyl sites for hydroxylation is 1. The zero-order valence-corrected chi connectivity index (χ0v) is 15.4. The highest BCUT2D eigenvalue weighted by Gasteiger charge is 2.23. The van der Waals surface area contributed by atoms with Gasteiger partial charge in [0.2, 0.25) is 0 Å². The molecule has 2 N–H and O–H groups in total. The van der Waals surface area contributed by atoms with E-state index in [1.807, 2.05) is 30.3 Å². The summed E-state index contributed by atoms with van der Waals surface area (Å²) in [6, 6.07) is 16.1. The highest BCUT2D eigenvalue weighted by Crippen LogP contribution is 2.24. The minimum absolute atomic E-state index is 0.115. The van der Waals surface area contributed by atoms with Crippen LogP contribution >= 0.6 is 11.6 Å². The topological polar surface area (TPSA) is 36.8 Å². The molecule has 1 amide bonds. The summed E-state index contributed by atoms with van der Waals surface area (Å²) >= 11 is 6.28. The molecule has 0 bridgehead atoms. The molecule has 4 nitrogen and oxygen atoms in total. The van der Waals surface area contributed by atoms with Gasteiger partial charge >= 0.3 is 0 Å². The van der Waals surface area contributed by atoms with Crippen LogP contribution in [0.2, 0.25) is 5.02 Å². The average Bonchev–Trinajstić information content (AvgIpc) is 2.62. The number of halogens is 1. The van der Waals surface area contributed by atoms with Crippen molar-refractivity contribution < 1.29 is 9.69 Å². The van der Waals surface area contributed by atoms with Gasteiger partial charge in [-0.1, -0.05) is 48.0 Å². The summed E-state index contributed by atoms with van der Waals surface area (Å²) in [5.41, 5.74) is 3.48. The summed E-state index contributed by atoms with van der Waals surface area (Å²) in [5, 5.41) is 3.84. The first-order chi connectivity index (χ1) is 12.1. The summed E-state index contributed by atoms with van der Waals surface area (Å²) in [6.07, 6.45) is 0. The van der Waals surface area contributed by atoms with Gasteiger partial charge in [-0.15, -0.1) is 0 Å². The molecule has 132 valence electrons. The molecule has 0 aliphatic carbocycles. The molecule has 1 saturated heterocycles. The van der Waals surface area contributed by atoms with E-state index in [2.05, 4.69) is 35.3 Å². The van der Waals surface area contributed by atoms with Crippen LogP contribution < -0.4 is 15.1 Å². The number of carbonyl (C=O) groups is 1. The molecule has 0 atom stereocenters. The van der Waals surface area contributed by atoms with Crippen LogP contribution in [0, 0.1) is 6.92 Å². The van der Waals surface area contributed by atoms with Crippen LogP contribution in [0.15, 0.2) is 48.5 Å². The zero-order valence-electron chi connectivity index (χ0n) is 14.6. The van der Waals surface area contributed by atoms with Crippen molar-refractivity contribution in [2.45, 2.75) is 13.5 Å². The number of rotatable bonds is 5. The first-order valence-corrected chi connectivity index (χ1v) is 9.15. The van der Waals surface area contributed by atoms with Crippen LogP contribution in [0.5, 0.6) is 0 Å². The van der Waals surface area contributed by atoms with Crippen LogP contribution in [-0.2, 0) is 11.3 Å². The molecule has 0 radical (unpaired) electrons. The van der Waals surface area contributed by atoms with E-state index in [0.717, 1.165) is 36.9 Å². The molecule has 0 spiro atoms. The molecule has 25 heavy (non-hydrogen) atoms. The molecule has 0 aromatic heterocycles. The molecular formula is C20H25ClN3O+. The first-order valence-electron chi connectivity index (χ1n) is 8.78. The van der Waals surface area contributed by atoms with Gasteiger partial charge in [0.15, 0.2) is 6.54 Å². The Bertz CT molecular complexity index is 726. The van der Waals surface area contributed by atoms with E-state index in [-0.39, 0.29) is 5.91 Å². The Kier molecular flexibility index (Phi) is 5.95. The minimum atomic E-state index is 0.115. The van der Waals surface area contributed by atoms with E-state index >= 15 is 0 Å². The molecule has 2 aromatic carbocycles. The number of carbonyl (C=O) groups excluding carboxylic acids is 1. The molecule has 2 aromatic rings. The molecule has 5 heteroatoms. The van der Waals surface area contributed by atoms with Gasteiger partial charge in [-0.25, -0.2) is 0 Å². The summed E-state index contributed by atoms with van der Waals surface area (Å²) in [5.74, 6) is 0.115. The molecular weight excluding hydrogens is 334 g/mol. The van der Waals surface area contributed by atoms with Gasteiger partial charge in [-0.05, 0) is 30.2 Å². The number of hydrogen-bond acceptors (Lipinski definition) is 2. The number of hydrogen-bond donors (Lipinski definition) is 2. The molecule has 1 heterocycles. The van der Waals surface area contributed by atoms with Crippen LogP contribution in [0.1, 0.15) is 11.1 Å². The van der Waals surface area contributed by atoms with E-state index in [0.29, 0.717) is 13.1 Å². The van der Waals surface area contributed by atoms with Gasteiger partial charge in [-0.3, -0.25) is 4.79 Å². The molecule has 1 aliphatic rings. The highest BCUT2D eigenvalue weighted by atomic mass is 35.5. The van der Waals surface area contributed by atoms with Crippen LogP contribution in [-0.4, -0.2) is 38.6 Å². The second kappa shape index (κ2) is 8.37. The molecule has 0 unspecified atom stereocenters. The maximum atomic E-state index is 12.2. The SMILES string of the molecule is Cc1ccccc1CNC(=O)C[NH+]1CCN(c2ccccc2Cl)CC1. The molecule has 3 rings (SSSR count). The van der Waals surface area contributed by atoms with Gasteiger partial charge < -0.3 is 15.1 Å². The number of quaternary nitrogens is 1. The first kappa shape index (κ1) is 17.8. The number of para-hydroxylation sites is 1. The Morgan fingerprint density at radius 2 is 1.80 bits per heavy atom. The maximum Gasteiger partial charge on any atom is 0.275 e. The highest BCUT2D eigenvalue weighted by molar-refractivity contribution is 6.33. The van der Waals surface area contributed by atoms with Gasteiger partial charge in [0, 0.05) is 6.54 Å². The van der Waals surface area contributed by atoms with Crippen molar-refractivity contribution in [2.75, 3.05) is 37.6 Å². The van der Waals surface area contributed by atoms with Crippen LogP contribution in [0.25, 0.3) is 0 Å². The summed E-state index contributed by atoms with van der Waals surface area (Å²) in [7, 11) is 0. The van der Waals surface area contributed by atoms with Crippen molar-refractivity contribution in [2.24, 2.45) is 0 Å². The van der Waals surface area contributed by atoms with E-state index in [1.165, 1.54) is 16.0 Å². The predicted octanol–water partition coefficient (Wildman–Crippen LogP) is 1.67. The lowest BCUT2D eigenvalue weighted by Gasteiger charge is -2.33. The number of benzene rings is 2. The van der Waals surface area contributed by atoms with Crippen LogP contribution in [0.3, 0.4) is 0 Å². The average molecular weight is 359 g/mol. The fourth-order valence-corrected chi connectivity index (χ4v) is 3.50. The normalized spacial score (nSPS) is 15.2. The second-order valence-corrected chi connectivity index (χ2v) is 6.98. The van der Waals surface area contributed by atoms with Gasteiger partial charge in [-0.2, -0.15) is 0 Å².